The van der Waals surface area contributed by atoms with Crippen molar-refractivity contribution in [2.45, 2.75) is 13.5 Å². The van der Waals surface area contributed by atoms with Crippen LogP contribution in [0.25, 0.3) is 11.5 Å². The molecule has 3 heterocycles. The van der Waals surface area contributed by atoms with Crippen molar-refractivity contribution in [3.05, 3.63) is 65.5 Å². The summed E-state index contributed by atoms with van der Waals surface area (Å²) in [6, 6.07) is 16.1. The maximum absolute atomic E-state index is 13.0. The third-order valence-electron chi connectivity index (χ3n) is 5.00. The van der Waals surface area contributed by atoms with Gasteiger partial charge < -0.3 is 9.32 Å². The van der Waals surface area contributed by atoms with Gasteiger partial charge in [0.05, 0.1) is 0 Å². The van der Waals surface area contributed by atoms with Crippen LogP contribution in [0.4, 0.5) is 0 Å². The molecule has 1 aromatic carbocycles. The zero-order chi connectivity index (χ0) is 18.8. The number of piperazine rings is 1. The van der Waals surface area contributed by atoms with Crippen molar-refractivity contribution in [2.75, 3.05) is 26.2 Å². The van der Waals surface area contributed by atoms with E-state index in [0.29, 0.717) is 17.1 Å². The van der Waals surface area contributed by atoms with E-state index in [9.17, 15) is 4.79 Å². The number of nitrogens with zero attached hydrogens (tertiary/aromatic N) is 4. The molecular formula is C21H24N4O2. The average Bonchev–Trinajstić information content (AvgIpc) is 3.28. The standard InChI is InChI=1S/C21H24N4O2/c1-16-8-9-20(27-16)18-14-19(23(2)22-18)21(26)25-12-10-24(11-13-25)15-17-6-4-3-5-7-17/h3-9,14H,10-13,15H2,1-2H3. The molecule has 0 saturated carbocycles. The predicted molar refractivity (Wildman–Crippen MR) is 103 cm³/mol. The van der Waals surface area contributed by atoms with Crippen molar-refractivity contribution in [1.82, 2.24) is 19.6 Å². The Morgan fingerprint density at radius 1 is 1.07 bits per heavy atom. The summed E-state index contributed by atoms with van der Waals surface area (Å²) in [6.45, 7) is 6.04. The molecular weight excluding hydrogens is 340 g/mol. The number of hydrogen-bond acceptors (Lipinski definition) is 4. The van der Waals surface area contributed by atoms with Gasteiger partial charge in [-0.05, 0) is 24.6 Å². The fourth-order valence-corrected chi connectivity index (χ4v) is 3.47. The Labute approximate surface area is 159 Å². The monoisotopic (exact) mass is 364 g/mol. The highest BCUT2D eigenvalue weighted by Crippen LogP contribution is 2.22. The molecule has 1 aliphatic heterocycles. The Kier molecular flexibility index (Phi) is 4.81. The van der Waals surface area contributed by atoms with Crippen LogP contribution in [-0.4, -0.2) is 51.7 Å². The fraction of sp³-hybridized carbons (Fsp3) is 0.333. The molecule has 6 nitrogen and oxygen atoms in total. The first-order valence-corrected chi connectivity index (χ1v) is 9.26. The highest BCUT2D eigenvalue weighted by Gasteiger charge is 2.25. The van der Waals surface area contributed by atoms with Gasteiger partial charge in [-0.1, -0.05) is 30.3 Å². The second-order valence-corrected chi connectivity index (χ2v) is 7.00. The number of carbonyl (C=O) groups excluding carboxylic acids is 1. The lowest BCUT2D eigenvalue weighted by molar-refractivity contribution is 0.0618. The molecule has 1 saturated heterocycles. The number of benzene rings is 1. The van der Waals surface area contributed by atoms with Gasteiger partial charge >= 0.3 is 0 Å². The van der Waals surface area contributed by atoms with E-state index in [0.717, 1.165) is 38.5 Å². The summed E-state index contributed by atoms with van der Waals surface area (Å²) in [5.41, 5.74) is 2.59. The van der Waals surface area contributed by atoms with Gasteiger partial charge in [0.1, 0.15) is 17.1 Å². The van der Waals surface area contributed by atoms with E-state index in [1.165, 1.54) is 5.56 Å². The van der Waals surface area contributed by atoms with Crippen LogP contribution < -0.4 is 0 Å². The quantitative estimate of drug-likeness (QED) is 0.714. The van der Waals surface area contributed by atoms with Crippen molar-refractivity contribution in [3.63, 3.8) is 0 Å². The number of furan rings is 1. The highest BCUT2D eigenvalue weighted by atomic mass is 16.3. The van der Waals surface area contributed by atoms with Crippen LogP contribution in [-0.2, 0) is 13.6 Å². The van der Waals surface area contributed by atoms with E-state index in [-0.39, 0.29) is 5.91 Å². The third kappa shape index (κ3) is 3.80. The summed E-state index contributed by atoms with van der Waals surface area (Å²) in [6.07, 6.45) is 0. The van der Waals surface area contributed by atoms with Gasteiger partial charge in [-0.25, -0.2) is 0 Å². The smallest absolute Gasteiger partial charge is 0.272 e. The highest BCUT2D eigenvalue weighted by molar-refractivity contribution is 5.93. The number of rotatable bonds is 4. The minimum Gasteiger partial charge on any atom is -0.460 e. The lowest BCUT2D eigenvalue weighted by Crippen LogP contribution is -2.48. The molecule has 3 aromatic rings. The Balaban J connectivity index is 1.40. The lowest BCUT2D eigenvalue weighted by atomic mass is 10.2. The summed E-state index contributed by atoms with van der Waals surface area (Å²) >= 11 is 0. The Hall–Kier alpha value is -2.86. The number of amides is 1. The van der Waals surface area contributed by atoms with Crippen LogP contribution in [0.3, 0.4) is 0 Å². The summed E-state index contributed by atoms with van der Waals surface area (Å²) in [7, 11) is 1.80. The molecule has 140 valence electrons. The van der Waals surface area contributed by atoms with E-state index in [4.69, 9.17) is 4.42 Å². The van der Waals surface area contributed by atoms with Gasteiger partial charge in [-0.15, -0.1) is 0 Å². The van der Waals surface area contributed by atoms with Gasteiger partial charge in [0.2, 0.25) is 0 Å². The first-order valence-electron chi connectivity index (χ1n) is 9.26. The molecule has 1 fully saturated rings. The Bertz CT molecular complexity index is 921. The van der Waals surface area contributed by atoms with Crippen LogP contribution in [0.2, 0.25) is 0 Å². The van der Waals surface area contributed by atoms with Gasteiger partial charge in [0.15, 0.2) is 5.76 Å². The minimum atomic E-state index is 0.0267. The Morgan fingerprint density at radius 2 is 1.81 bits per heavy atom. The molecule has 4 rings (SSSR count). The summed E-state index contributed by atoms with van der Waals surface area (Å²) in [5.74, 6) is 1.55. The number of carbonyl (C=O) groups is 1. The van der Waals surface area contributed by atoms with E-state index in [1.54, 1.807) is 11.7 Å². The topological polar surface area (TPSA) is 54.5 Å². The second kappa shape index (κ2) is 7.40. The molecule has 2 aromatic heterocycles. The van der Waals surface area contributed by atoms with Crippen LogP contribution in [0.1, 0.15) is 21.8 Å². The Morgan fingerprint density at radius 3 is 2.48 bits per heavy atom. The fourth-order valence-electron chi connectivity index (χ4n) is 3.47. The van der Waals surface area contributed by atoms with Gasteiger partial charge in [-0.3, -0.25) is 14.4 Å². The predicted octanol–water partition coefficient (Wildman–Crippen LogP) is 2.95. The van der Waals surface area contributed by atoms with Crippen molar-refractivity contribution in [1.29, 1.82) is 0 Å². The van der Waals surface area contributed by atoms with E-state index >= 15 is 0 Å². The molecule has 0 spiro atoms. The van der Waals surface area contributed by atoms with Crippen LogP contribution >= 0.6 is 0 Å². The zero-order valence-electron chi connectivity index (χ0n) is 15.8. The average molecular weight is 364 g/mol. The molecule has 27 heavy (non-hydrogen) atoms. The summed E-state index contributed by atoms with van der Waals surface area (Å²) < 4.78 is 7.27. The van der Waals surface area contributed by atoms with Crippen molar-refractivity contribution < 1.29 is 9.21 Å². The molecule has 0 radical (unpaired) electrons. The molecule has 0 aliphatic carbocycles. The van der Waals surface area contributed by atoms with Gasteiger partial charge in [0, 0.05) is 45.8 Å². The SMILES string of the molecule is Cc1ccc(-c2cc(C(=O)N3CCN(Cc4ccccc4)CC3)n(C)n2)o1. The number of hydrogen-bond donors (Lipinski definition) is 0. The first kappa shape index (κ1) is 17.5. The molecule has 1 amide bonds. The first-order chi connectivity index (χ1) is 13.1. The maximum Gasteiger partial charge on any atom is 0.272 e. The van der Waals surface area contributed by atoms with Crippen molar-refractivity contribution >= 4 is 5.91 Å². The molecule has 0 bridgehead atoms. The minimum absolute atomic E-state index is 0.0267. The number of aromatic nitrogens is 2. The molecule has 0 unspecified atom stereocenters. The lowest BCUT2D eigenvalue weighted by Gasteiger charge is -2.34. The molecule has 0 N–H and O–H groups in total. The number of aryl methyl sites for hydroxylation is 2. The summed E-state index contributed by atoms with van der Waals surface area (Å²) in [4.78, 5) is 17.3. The van der Waals surface area contributed by atoms with Crippen LogP contribution in [0, 0.1) is 6.92 Å². The van der Waals surface area contributed by atoms with Crippen molar-refractivity contribution in [3.8, 4) is 11.5 Å². The molecule has 0 atom stereocenters. The zero-order valence-corrected chi connectivity index (χ0v) is 15.8. The molecule has 1 aliphatic rings. The van der Waals surface area contributed by atoms with E-state index in [2.05, 4.69) is 34.3 Å². The van der Waals surface area contributed by atoms with Crippen LogP contribution in [0.15, 0.2) is 52.9 Å². The van der Waals surface area contributed by atoms with E-state index < -0.39 is 0 Å². The second-order valence-electron chi connectivity index (χ2n) is 7.00. The van der Waals surface area contributed by atoms with Crippen LogP contribution in [0.5, 0.6) is 0 Å². The van der Waals surface area contributed by atoms with Gasteiger partial charge in [-0.2, -0.15) is 5.10 Å². The van der Waals surface area contributed by atoms with Crippen molar-refractivity contribution in [2.24, 2.45) is 7.05 Å². The molecule has 6 heteroatoms. The maximum atomic E-state index is 13.0. The third-order valence-corrected chi connectivity index (χ3v) is 5.00. The normalized spacial score (nSPS) is 15.3. The summed E-state index contributed by atoms with van der Waals surface area (Å²) in [5, 5.41) is 4.45. The van der Waals surface area contributed by atoms with E-state index in [1.807, 2.05) is 36.1 Å². The largest absolute Gasteiger partial charge is 0.460 e. The van der Waals surface area contributed by atoms with Gasteiger partial charge in [0.25, 0.3) is 5.91 Å².